The zero-order chi connectivity index (χ0) is 13.2. The van der Waals surface area contributed by atoms with E-state index < -0.39 is 10.0 Å². The van der Waals surface area contributed by atoms with Crippen LogP contribution in [0, 0.1) is 6.92 Å². The van der Waals surface area contributed by atoms with Gasteiger partial charge in [-0.3, -0.25) is 4.72 Å². The fraction of sp³-hybridized carbons (Fsp3) is 0.0909. The Morgan fingerprint density at radius 3 is 2.50 bits per heavy atom. The Morgan fingerprint density at radius 1 is 1.22 bits per heavy atom. The lowest BCUT2D eigenvalue weighted by molar-refractivity contribution is 0.600. The Balaban J connectivity index is 2.30. The number of benzene rings is 1. The van der Waals surface area contributed by atoms with Crippen LogP contribution >= 0.6 is 11.6 Å². The Bertz CT molecular complexity index is 656. The third kappa shape index (κ3) is 2.96. The molecule has 1 aromatic carbocycles. The number of anilines is 1. The van der Waals surface area contributed by atoms with Crippen molar-refractivity contribution in [1.29, 1.82) is 0 Å². The summed E-state index contributed by atoms with van der Waals surface area (Å²) in [5.74, 6) is 0. The molecule has 0 fully saturated rings. The van der Waals surface area contributed by atoms with Gasteiger partial charge in [-0.05, 0) is 36.2 Å². The summed E-state index contributed by atoms with van der Waals surface area (Å²) in [7, 11) is -3.68. The molecule has 94 valence electrons. The van der Waals surface area contributed by atoms with Gasteiger partial charge in [0.1, 0.15) is 4.90 Å². The molecule has 1 N–H and O–H groups in total. The Kier molecular flexibility index (Phi) is 3.49. The minimum Gasteiger partial charge on any atom is -0.280 e. The van der Waals surface area contributed by atoms with Gasteiger partial charge in [0, 0.05) is 5.69 Å². The van der Waals surface area contributed by atoms with E-state index in [0.29, 0.717) is 5.69 Å². The quantitative estimate of drug-likeness (QED) is 0.877. The first kappa shape index (κ1) is 12.8. The van der Waals surface area contributed by atoms with Crippen molar-refractivity contribution in [2.75, 3.05) is 4.72 Å². The second-order valence-corrected chi connectivity index (χ2v) is 5.68. The predicted octanol–water partition coefficient (Wildman–Crippen LogP) is 2.24. The van der Waals surface area contributed by atoms with E-state index in [1.165, 1.54) is 0 Å². The van der Waals surface area contributed by atoms with Crippen LogP contribution in [-0.4, -0.2) is 18.4 Å². The molecule has 0 aliphatic rings. The Morgan fingerprint density at radius 2 is 1.89 bits per heavy atom. The first-order chi connectivity index (χ1) is 8.47. The number of sulfonamides is 1. The lowest BCUT2D eigenvalue weighted by Crippen LogP contribution is -2.13. The minimum atomic E-state index is -3.68. The molecule has 0 saturated carbocycles. The lowest BCUT2D eigenvalue weighted by Gasteiger charge is -2.07. The van der Waals surface area contributed by atoms with Gasteiger partial charge in [-0.2, -0.15) is 0 Å². The Labute approximate surface area is 110 Å². The molecule has 0 aliphatic carbocycles. The highest BCUT2D eigenvalue weighted by molar-refractivity contribution is 7.92. The smallest absolute Gasteiger partial charge is 0.264 e. The van der Waals surface area contributed by atoms with Crippen molar-refractivity contribution in [2.45, 2.75) is 11.8 Å². The van der Waals surface area contributed by atoms with Crippen LogP contribution in [0.3, 0.4) is 0 Å². The van der Waals surface area contributed by atoms with Gasteiger partial charge in [-0.1, -0.05) is 12.1 Å². The van der Waals surface area contributed by atoms with E-state index in [-0.39, 0.29) is 10.2 Å². The molecule has 1 aromatic heterocycles. The summed E-state index contributed by atoms with van der Waals surface area (Å²) in [5, 5.41) is 0.00417. The van der Waals surface area contributed by atoms with Crippen molar-refractivity contribution in [1.82, 2.24) is 9.97 Å². The van der Waals surface area contributed by atoms with Crippen molar-refractivity contribution in [3.8, 4) is 0 Å². The van der Waals surface area contributed by atoms with Crippen LogP contribution in [-0.2, 0) is 10.0 Å². The molecule has 0 atom stereocenters. The first-order valence-electron chi connectivity index (χ1n) is 5.04. The van der Waals surface area contributed by atoms with Gasteiger partial charge < -0.3 is 0 Å². The normalized spacial score (nSPS) is 11.2. The van der Waals surface area contributed by atoms with Gasteiger partial charge in [0.15, 0.2) is 0 Å². The minimum absolute atomic E-state index is 0.00417. The average Bonchev–Trinajstić information content (AvgIpc) is 2.29. The van der Waals surface area contributed by atoms with E-state index in [1.54, 1.807) is 18.2 Å². The highest BCUT2D eigenvalue weighted by Crippen LogP contribution is 2.16. The molecule has 0 radical (unpaired) electrons. The molecule has 2 rings (SSSR count). The molecule has 5 nitrogen and oxygen atoms in total. The van der Waals surface area contributed by atoms with E-state index >= 15 is 0 Å². The van der Waals surface area contributed by atoms with Gasteiger partial charge in [0.25, 0.3) is 10.0 Å². The van der Waals surface area contributed by atoms with Crippen LogP contribution in [0.15, 0.2) is 41.6 Å². The van der Waals surface area contributed by atoms with Crippen molar-refractivity contribution >= 4 is 27.3 Å². The SMILES string of the molecule is Cc1cccc(NS(=O)(=O)c2cnc(Cl)nc2)c1. The maximum atomic E-state index is 12.0. The van der Waals surface area contributed by atoms with Crippen molar-refractivity contribution in [3.05, 3.63) is 47.5 Å². The van der Waals surface area contributed by atoms with Gasteiger partial charge in [0.2, 0.25) is 5.28 Å². The summed E-state index contributed by atoms with van der Waals surface area (Å²) >= 11 is 5.51. The molecule has 1 heterocycles. The zero-order valence-corrected chi connectivity index (χ0v) is 11.0. The maximum absolute atomic E-state index is 12.0. The average molecular weight is 284 g/mol. The third-order valence-corrected chi connectivity index (χ3v) is 3.71. The first-order valence-corrected chi connectivity index (χ1v) is 6.90. The van der Waals surface area contributed by atoms with Crippen LogP contribution in [0.5, 0.6) is 0 Å². The summed E-state index contributed by atoms with van der Waals surface area (Å²) in [6.45, 7) is 1.88. The largest absolute Gasteiger partial charge is 0.280 e. The summed E-state index contributed by atoms with van der Waals surface area (Å²) in [4.78, 5) is 7.25. The number of nitrogens with zero attached hydrogens (tertiary/aromatic N) is 2. The highest BCUT2D eigenvalue weighted by Gasteiger charge is 2.15. The van der Waals surface area contributed by atoms with Crippen LogP contribution < -0.4 is 4.72 Å². The lowest BCUT2D eigenvalue weighted by atomic mass is 10.2. The van der Waals surface area contributed by atoms with Crippen LogP contribution in [0.4, 0.5) is 5.69 Å². The van der Waals surface area contributed by atoms with Crippen molar-refractivity contribution in [2.24, 2.45) is 0 Å². The summed E-state index contributed by atoms with van der Waals surface area (Å²) in [6, 6.07) is 7.05. The maximum Gasteiger partial charge on any atom is 0.264 e. The molecule has 7 heteroatoms. The molecular formula is C11H10ClN3O2S. The fourth-order valence-electron chi connectivity index (χ4n) is 1.36. The molecule has 2 aromatic rings. The molecule has 0 unspecified atom stereocenters. The van der Waals surface area contributed by atoms with E-state index in [1.807, 2.05) is 13.0 Å². The second kappa shape index (κ2) is 4.91. The molecular weight excluding hydrogens is 274 g/mol. The monoisotopic (exact) mass is 283 g/mol. The van der Waals surface area contributed by atoms with Crippen LogP contribution in [0.1, 0.15) is 5.56 Å². The number of aromatic nitrogens is 2. The summed E-state index contributed by atoms with van der Waals surface area (Å²) in [6.07, 6.45) is 2.32. The molecule has 0 bridgehead atoms. The molecule has 0 amide bonds. The van der Waals surface area contributed by atoms with E-state index in [0.717, 1.165) is 18.0 Å². The van der Waals surface area contributed by atoms with E-state index in [4.69, 9.17) is 11.6 Å². The zero-order valence-electron chi connectivity index (χ0n) is 9.46. The standard InChI is InChI=1S/C11H10ClN3O2S/c1-8-3-2-4-9(5-8)15-18(16,17)10-6-13-11(12)14-7-10/h2-7,15H,1H3. The molecule has 18 heavy (non-hydrogen) atoms. The summed E-state index contributed by atoms with van der Waals surface area (Å²) < 4.78 is 26.4. The van der Waals surface area contributed by atoms with Crippen molar-refractivity contribution in [3.63, 3.8) is 0 Å². The third-order valence-electron chi connectivity index (χ3n) is 2.18. The Hall–Kier alpha value is -1.66. The second-order valence-electron chi connectivity index (χ2n) is 3.66. The van der Waals surface area contributed by atoms with Gasteiger partial charge in [-0.25, -0.2) is 18.4 Å². The van der Waals surface area contributed by atoms with Crippen LogP contribution in [0.2, 0.25) is 5.28 Å². The number of hydrogen-bond acceptors (Lipinski definition) is 4. The number of rotatable bonds is 3. The topological polar surface area (TPSA) is 72.0 Å². The molecule has 0 aliphatic heterocycles. The van der Waals surface area contributed by atoms with Gasteiger partial charge in [-0.15, -0.1) is 0 Å². The van der Waals surface area contributed by atoms with Gasteiger partial charge >= 0.3 is 0 Å². The summed E-state index contributed by atoms with van der Waals surface area (Å²) in [5.41, 5.74) is 1.45. The van der Waals surface area contributed by atoms with Crippen molar-refractivity contribution < 1.29 is 8.42 Å². The molecule has 0 spiro atoms. The predicted molar refractivity (Wildman–Crippen MR) is 69.0 cm³/mol. The van der Waals surface area contributed by atoms with Crippen LogP contribution in [0.25, 0.3) is 0 Å². The molecule has 0 saturated heterocycles. The number of hydrogen-bond donors (Lipinski definition) is 1. The number of aryl methyl sites for hydroxylation is 1. The van der Waals surface area contributed by atoms with Gasteiger partial charge in [0.05, 0.1) is 12.4 Å². The van der Waals surface area contributed by atoms with E-state index in [2.05, 4.69) is 14.7 Å². The highest BCUT2D eigenvalue weighted by atomic mass is 35.5. The number of halogens is 1. The number of nitrogens with one attached hydrogen (secondary N) is 1. The fourth-order valence-corrected chi connectivity index (χ4v) is 2.40. The van der Waals surface area contributed by atoms with E-state index in [9.17, 15) is 8.42 Å².